The second-order valence-corrected chi connectivity index (χ2v) is 7.89. The van der Waals surface area contributed by atoms with Gasteiger partial charge in [-0.15, -0.1) is 0 Å². The van der Waals surface area contributed by atoms with Gasteiger partial charge >= 0.3 is 5.97 Å². The Morgan fingerprint density at radius 3 is 2.55 bits per heavy atom. The summed E-state index contributed by atoms with van der Waals surface area (Å²) in [6.45, 7) is 3.28. The van der Waals surface area contributed by atoms with Crippen LogP contribution in [0.5, 0.6) is 0 Å². The molecule has 0 aromatic heterocycles. The molecule has 1 aromatic carbocycles. The normalized spacial score (nSPS) is 17.5. The third-order valence-corrected chi connectivity index (χ3v) is 5.89. The molecule has 8 heteroatoms. The van der Waals surface area contributed by atoms with Crippen molar-refractivity contribution in [2.45, 2.75) is 30.8 Å². The highest BCUT2D eigenvalue weighted by Gasteiger charge is 2.30. The largest absolute Gasteiger partial charge is 0.478 e. The molecule has 0 unspecified atom stereocenters. The van der Waals surface area contributed by atoms with Gasteiger partial charge in [0.2, 0.25) is 10.0 Å². The number of nitrogens with zero attached hydrogens (tertiary/aromatic N) is 1. The number of aromatic carboxylic acids is 1. The number of carbonyl (C=O) groups is 1. The van der Waals surface area contributed by atoms with Gasteiger partial charge in [-0.25, -0.2) is 13.2 Å². The topological polar surface area (TPSA) is 83.9 Å². The summed E-state index contributed by atoms with van der Waals surface area (Å²) < 4.78 is 32.6. The van der Waals surface area contributed by atoms with Crippen molar-refractivity contribution in [3.05, 3.63) is 28.2 Å². The van der Waals surface area contributed by atoms with E-state index in [9.17, 15) is 13.2 Å². The molecule has 1 aromatic rings. The molecule has 2 rings (SSSR count). The van der Waals surface area contributed by atoms with Crippen molar-refractivity contribution in [3.63, 3.8) is 0 Å². The van der Waals surface area contributed by atoms with Crippen molar-refractivity contribution in [1.29, 1.82) is 0 Å². The minimum atomic E-state index is -3.69. The van der Waals surface area contributed by atoms with Crippen LogP contribution in [0.2, 0.25) is 0 Å². The van der Waals surface area contributed by atoms with Crippen LogP contribution < -0.4 is 0 Å². The van der Waals surface area contributed by atoms with E-state index >= 15 is 0 Å². The van der Waals surface area contributed by atoms with Gasteiger partial charge in [-0.05, 0) is 38.0 Å². The Morgan fingerprint density at radius 2 is 2.00 bits per heavy atom. The van der Waals surface area contributed by atoms with Gasteiger partial charge in [-0.3, -0.25) is 0 Å². The van der Waals surface area contributed by atoms with Crippen molar-refractivity contribution in [2.24, 2.45) is 0 Å². The maximum Gasteiger partial charge on any atom is 0.335 e. The van der Waals surface area contributed by atoms with Crippen molar-refractivity contribution in [3.8, 4) is 0 Å². The fourth-order valence-corrected chi connectivity index (χ4v) is 4.65. The molecule has 22 heavy (non-hydrogen) atoms. The van der Waals surface area contributed by atoms with E-state index in [1.807, 2.05) is 6.92 Å². The number of sulfonamides is 1. The Kier molecular flexibility index (Phi) is 5.60. The SMILES string of the molecule is CCOC1CCN(S(=O)(=O)c2cc(Br)cc(C(=O)O)c2)CC1. The fraction of sp³-hybridized carbons (Fsp3) is 0.500. The van der Waals surface area contributed by atoms with Gasteiger partial charge in [0.25, 0.3) is 0 Å². The van der Waals surface area contributed by atoms with Gasteiger partial charge in [0, 0.05) is 24.2 Å². The average Bonchev–Trinajstić information content (AvgIpc) is 2.47. The van der Waals surface area contributed by atoms with Crippen molar-refractivity contribution in [1.82, 2.24) is 4.31 Å². The molecule has 1 N–H and O–H groups in total. The lowest BCUT2D eigenvalue weighted by atomic mass is 10.1. The third-order valence-electron chi connectivity index (χ3n) is 3.56. The molecule has 1 aliphatic rings. The predicted molar refractivity (Wildman–Crippen MR) is 84.5 cm³/mol. The van der Waals surface area contributed by atoms with E-state index in [0.717, 1.165) is 0 Å². The van der Waals surface area contributed by atoms with Crippen LogP contribution in [-0.4, -0.2) is 49.6 Å². The van der Waals surface area contributed by atoms with Crippen LogP contribution in [0.1, 0.15) is 30.1 Å². The van der Waals surface area contributed by atoms with Crippen LogP contribution in [0.4, 0.5) is 0 Å². The zero-order valence-electron chi connectivity index (χ0n) is 12.2. The number of carboxylic acid groups (broad SMARTS) is 1. The number of piperidine rings is 1. The second kappa shape index (κ2) is 7.08. The molecule has 0 saturated carbocycles. The zero-order chi connectivity index (χ0) is 16.3. The van der Waals surface area contributed by atoms with Crippen LogP contribution in [0.25, 0.3) is 0 Å². The van der Waals surface area contributed by atoms with E-state index in [1.165, 1.54) is 22.5 Å². The highest BCUT2D eigenvalue weighted by molar-refractivity contribution is 9.10. The molecule has 6 nitrogen and oxygen atoms in total. The van der Waals surface area contributed by atoms with Gasteiger partial charge in [0.1, 0.15) is 0 Å². The number of rotatable bonds is 5. The number of carboxylic acids is 1. The molecule has 0 amide bonds. The Balaban J connectivity index is 2.23. The number of benzene rings is 1. The quantitative estimate of drug-likeness (QED) is 0.832. The zero-order valence-corrected chi connectivity index (χ0v) is 14.6. The summed E-state index contributed by atoms with van der Waals surface area (Å²) in [6, 6.07) is 4.00. The first-order valence-corrected chi connectivity index (χ1v) is 9.23. The van der Waals surface area contributed by atoms with Gasteiger partial charge in [-0.1, -0.05) is 15.9 Å². The highest BCUT2D eigenvalue weighted by Crippen LogP contribution is 2.25. The fourth-order valence-electron chi connectivity index (χ4n) is 2.46. The Labute approximate surface area is 138 Å². The average molecular weight is 392 g/mol. The Hall–Kier alpha value is -0.960. The van der Waals surface area contributed by atoms with Crippen molar-refractivity contribution in [2.75, 3.05) is 19.7 Å². The molecular formula is C14H18BrNO5S. The maximum absolute atomic E-state index is 12.7. The van der Waals surface area contributed by atoms with Crippen LogP contribution in [0.15, 0.2) is 27.6 Å². The summed E-state index contributed by atoms with van der Waals surface area (Å²) in [7, 11) is -3.69. The predicted octanol–water partition coefficient (Wildman–Crippen LogP) is 2.34. The number of halogens is 1. The lowest BCUT2D eigenvalue weighted by Crippen LogP contribution is -2.40. The molecule has 0 atom stereocenters. The molecule has 122 valence electrons. The van der Waals surface area contributed by atoms with Crippen LogP contribution in [-0.2, 0) is 14.8 Å². The van der Waals surface area contributed by atoms with Crippen molar-refractivity contribution >= 4 is 31.9 Å². The highest BCUT2D eigenvalue weighted by atomic mass is 79.9. The summed E-state index contributed by atoms with van der Waals surface area (Å²) in [5.41, 5.74) is -0.0582. The van der Waals surface area contributed by atoms with Crippen LogP contribution >= 0.6 is 15.9 Å². The van der Waals surface area contributed by atoms with Crippen LogP contribution in [0, 0.1) is 0 Å². The molecule has 0 bridgehead atoms. The molecule has 0 radical (unpaired) electrons. The summed E-state index contributed by atoms with van der Waals surface area (Å²) in [5.74, 6) is -1.16. The van der Waals surface area contributed by atoms with Gasteiger partial charge in [0.15, 0.2) is 0 Å². The maximum atomic E-state index is 12.7. The lowest BCUT2D eigenvalue weighted by Gasteiger charge is -2.31. The molecule has 0 spiro atoms. The Morgan fingerprint density at radius 1 is 1.36 bits per heavy atom. The van der Waals surface area contributed by atoms with Gasteiger partial charge < -0.3 is 9.84 Å². The van der Waals surface area contributed by atoms with E-state index in [-0.39, 0.29) is 16.6 Å². The first-order chi connectivity index (χ1) is 10.3. The summed E-state index contributed by atoms with van der Waals surface area (Å²) >= 11 is 3.16. The molecule has 1 fully saturated rings. The lowest BCUT2D eigenvalue weighted by molar-refractivity contribution is 0.0290. The second-order valence-electron chi connectivity index (χ2n) is 5.04. The number of hydrogen-bond acceptors (Lipinski definition) is 4. The molecule has 0 aliphatic carbocycles. The smallest absolute Gasteiger partial charge is 0.335 e. The number of ether oxygens (including phenoxy) is 1. The van der Waals surface area contributed by atoms with E-state index in [1.54, 1.807) is 0 Å². The van der Waals surface area contributed by atoms with Gasteiger partial charge in [-0.2, -0.15) is 4.31 Å². The standard InChI is InChI=1S/C14H18BrNO5S/c1-2-21-12-3-5-16(6-4-12)22(19,20)13-8-10(14(17)18)7-11(15)9-13/h7-9,12H,2-6H2,1H3,(H,17,18). The van der Waals surface area contributed by atoms with E-state index in [4.69, 9.17) is 9.84 Å². The van der Waals surface area contributed by atoms with Gasteiger partial charge in [0.05, 0.1) is 16.6 Å². The Bertz CT molecular complexity index is 653. The van der Waals surface area contributed by atoms with Crippen LogP contribution in [0.3, 0.4) is 0 Å². The third kappa shape index (κ3) is 3.87. The van der Waals surface area contributed by atoms with Crippen molar-refractivity contribution < 1.29 is 23.1 Å². The molecule has 1 aliphatic heterocycles. The molecular weight excluding hydrogens is 374 g/mol. The first kappa shape index (κ1) is 17.4. The first-order valence-electron chi connectivity index (χ1n) is 7.00. The number of hydrogen-bond donors (Lipinski definition) is 1. The summed E-state index contributed by atoms with van der Waals surface area (Å²) in [5, 5.41) is 9.06. The summed E-state index contributed by atoms with van der Waals surface area (Å²) in [6.07, 6.45) is 1.38. The van der Waals surface area contributed by atoms with E-state index in [2.05, 4.69) is 15.9 Å². The summed E-state index contributed by atoms with van der Waals surface area (Å²) in [4.78, 5) is 11.1. The molecule has 1 saturated heterocycles. The molecule has 1 heterocycles. The minimum Gasteiger partial charge on any atom is -0.478 e. The minimum absolute atomic E-state index is 0.00543. The monoisotopic (exact) mass is 391 g/mol. The van der Waals surface area contributed by atoms with E-state index in [0.29, 0.717) is 37.0 Å². The van der Waals surface area contributed by atoms with E-state index < -0.39 is 16.0 Å².